The van der Waals surface area contributed by atoms with Crippen LogP contribution in [0.3, 0.4) is 0 Å². The first-order valence-electron chi connectivity index (χ1n) is 13.3. The minimum absolute atomic E-state index is 0.0258. The van der Waals surface area contributed by atoms with Crippen LogP contribution in [0.2, 0.25) is 0 Å². The Bertz CT molecular complexity index is 1440. The number of hydrogen-bond acceptors (Lipinski definition) is 6. The van der Waals surface area contributed by atoms with E-state index >= 15 is 0 Å². The first-order valence-corrected chi connectivity index (χ1v) is 14.8. The van der Waals surface area contributed by atoms with Crippen molar-refractivity contribution in [1.82, 2.24) is 4.98 Å². The summed E-state index contributed by atoms with van der Waals surface area (Å²) in [5, 5.41) is 18.3. The highest BCUT2D eigenvalue weighted by Crippen LogP contribution is 2.49. The van der Waals surface area contributed by atoms with Crippen LogP contribution in [0.15, 0.2) is 36.5 Å². The van der Waals surface area contributed by atoms with Gasteiger partial charge in [0.1, 0.15) is 22.8 Å². The molecule has 40 heavy (non-hydrogen) atoms. The molecule has 2 aromatic carbocycles. The smallest absolute Gasteiger partial charge is 0.307 e. The lowest BCUT2D eigenvalue weighted by Gasteiger charge is -2.35. The summed E-state index contributed by atoms with van der Waals surface area (Å²) in [6.07, 6.45) is 3.28. The molecular weight excluding hydrogens is 528 g/mol. The molecule has 0 bridgehead atoms. The lowest BCUT2D eigenvalue weighted by Crippen LogP contribution is -2.38. The zero-order valence-corrected chi connectivity index (χ0v) is 25.0. The number of carbonyl (C=O) groups is 1. The third-order valence-corrected chi connectivity index (χ3v) is 7.66. The van der Waals surface area contributed by atoms with E-state index in [4.69, 9.17) is 19.6 Å². The number of fused-ring (bicyclic) bond motifs is 3. The van der Waals surface area contributed by atoms with Crippen LogP contribution in [0.25, 0.3) is 22.4 Å². The van der Waals surface area contributed by atoms with E-state index in [1.165, 1.54) is 0 Å². The number of nitrogens with zero attached hydrogens (tertiary/aromatic N) is 2. The Kier molecular flexibility index (Phi) is 8.68. The van der Waals surface area contributed by atoms with E-state index in [2.05, 4.69) is 0 Å². The monoisotopic (exact) mass is 566 g/mol. The van der Waals surface area contributed by atoms with Crippen molar-refractivity contribution in [2.24, 2.45) is 0 Å². The maximum atomic E-state index is 12.9. The Labute approximate surface area is 238 Å². The van der Waals surface area contributed by atoms with Crippen molar-refractivity contribution in [2.75, 3.05) is 23.8 Å². The Hall–Kier alpha value is -3.27. The Morgan fingerprint density at radius 2 is 1.75 bits per heavy atom. The normalized spacial score (nSPS) is 15.2. The molecule has 8 nitrogen and oxygen atoms in total. The third kappa shape index (κ3) is 6.54. The minimum Gasteiger partial charge on any atom is -0.484 e. The van der Waals surface area contributed by atoms with Crippen LogP contribution in [0.1, 0.15) is 48.6 Å². The van der Waals surface area contributed by atoms with Crippen LogP contribution in [-0.4, -0.2) is 56.5 Å². The van der Waals surface area contributed by atoms with E-state index in [1.54, 1.807) is 33.2 Å². The number of hydrogen-bond donors (Lipinski definition) is 2. The van der Waals surface area contributed by atoms with E-state index in [0.717, 1.165) is 55.9 Å². The maximum Gasteiger partial charge on any atom is 0.307 e. The van der Waals surface area contributed by atoms with Gasteiger partial charge >= 0.3 is 5.97 Å². The van der Waals surface area contributed by atoms with Crippen molar-refractivity contribution in [2.45, 2.75) is 66.2 Å². The van der Waals surface area contributed by atoms with Gasteiger partial charge < -0.3 is 19.7 Å². The van der Waals surface area contributed by atoms with E-state index in [9.17, 15) is 14.1 Å². The molecule has 0 aliphatic carbocycles. The van der Waals surface area contributed by atoms with Gasteiger partial charge in [-0.1, -0.05) is 29.8 Å². The van der Waals surface area contributed by atoms with Gasteiger partial charge in [0.25, 0.3) is 0 Å². The molecule has 2 aliphatic heterocycles. The second-order valence-corrected chi connectivity index (χ2v) is 12.6. The number of pyridine rings is 1. The highest BCUT2D eigenvalue weighted by Gasteiger charge is 2.33. The highest BCUT2D eigenvalue weighted by atomic mass is 32.2. The largest absolute Gasteiger partial charge is 0.484 e. The fourth-order valence-electron chi connectivity index (χ4n) is 4.96. The van der Waals surface area contributed by atoms with Gasteiger partial charge in [0.2, 0.25) is 0 Å². The summed E-state index contributed by atoms with van der Waals surface area (Å²) in [6, 6.07) is 10.1. The standard InChI is InChI=1S/C27H28N2O5S.C4H10O/c1-15-5-7-18(8-6-15)24-17(3)25-26-19(9-20(11-28-26)34-21-13-33-14-21)12-29(35(4)32)27(25)16(2)22(24)10-23(30)31;1-4(2,3)5/h5-9,11,21H,10,12-14H2,1-4H3,(H,30,31);5H,1-3H3. The third-order valence-electron chi connectivity index (χ3n) is 6.73. The molecule has 3 heterocycles. The van der Waals surface area contributed by atoms with Gasteiger partial charge in [0.15, 0.2) is 0 Å². The number of ether oxygens (including phenoxy) is 2. The first kappa shape index (κ1) is 29.7. The topological polar surface area (TPSA) is 109 Å². The quantitative estimate of drug-likeness (QED) is 0.425. The molecule has 1 saturated heterocycles. The predicted molar refractivity (Wildman–Crippen MR) is 158 cm³/mol. The van der Waals surface area contributed by atoms with Crippen molar-refractivity contribution in [3.05, 3.63) is 64.3 Å². The van der Waals surface area contributed by atoms with E-state index in [1.807, 2.05) is 55.4 Å². The molecular formula is C31H38N2O6S. The number of aliphatic hydroxyl groups is 1. The van der Waals surface area contributed by atoms with Gasteiger partial charge in [-0.15, -0.1) is 0 Å². The fraction of sp³-hybridized carbons (Fsp3) is 0.419. The van der Waals surface area contributed by atoms with Gasteiger partial charge in [-0.3, -0.25) is 14.1 Å². The minimum atomic E-state index is -1.32. The second kappa shape index (κ2) is 11.7. The van der Waals surface area contributed by atoms with Gasteiger partial charge in [-0.05, 0) is 75.4 Å². The number of carboxylic acids is 1. The molecule has 1 atom stereocenters. The number of benzene rings is 2. The maximum absolute atomic E-state index is 12.9. The van der Waals surface area contributed by atoms with Gasteiger partial charge in [0.05, 0.1) is 49.4 Å². The van der Waals surface area contributed by atoms with Gasteiger partial charge in [-0.25, -0.2) is 4.21 Å². The van der Waals surface area contributed by atoms with E-state index < -0.39 is 22.6 Å². The summed E-state index contributed by atoms with van der Waals surface area (Å²) >= 11 is 0. The molecule has 3 aromatic rings. The zero-order chi connectivity index (χ0) is 29.4. The number of anilines is 1. The lowest BCUT2D eigenvalue weighted by molar-refractivity contribution is -0.136. The molecule has 2 N–H and O–H groups in total. The van der Waals surface area contributed by atoms with Crippen molar-refractivity contribution in [3.8, 4) is 28.1 Å². The molecule has 9 heteroatoms. The average Bonchev–Trinajstić information content (AvgIpc) is 2.83. The summed E-state index contributed by atoms with van der Waals surface area (Å²) < 4.78 is 26.0. The molecule has 0 spiro atoms. The Balaban J connectivity index is 0.000000681. The van der Waals surface area contributed by atoms with Crippen LogP contribution < -0.4 is 9.04 Å². The molecule has 0 saturated carbocycles. The fourth-order valence-corrected chi connectivity index (χ4v) is 5.76. The predicted octanol–water partition coefficient (Wildman–Crippen LogP) is 5.14. The van der Waals surface area contributed by atoms with Crippen LogP contribution in [0.5, 0.6) is 5.75 Å². The molecule has 214 valence electrons. The summed E-state index contributed by atoms with van der Waals surface area (Å²) in [5.41, 5.74) is 8.38. The van der Waals surface area contributed by atoms with Gasteiger partial charge in [-0.2, -0.15) is 0 Å². The second-order valence-electron chi connectivity index (χ2n) is 11.4. The number of rotatable bonds is 6. The summed E-state index contributed by atoms with van der Waals surface area (Å²) in [6.45, 7) is 12.7. The Morgan fingerprint density at radius 1 is 1.12 bits per heavy atom. The summed E-state index contributed by atoms with van der Waals surface area (Å²) in [5.74, 6) is -0.237. The van der Waals surface area contributed by atoms with E-state index in [-0.39, 0.29) is 12.5 Å². The molecule has 1 fully saturated rings. The molecule has 1 unspecified atom stereocenters. The van der Waals surface area contributed by atoms with Crippen LogP contribution in [0.4, 0.5) is 5.69 Å². The number of aromatic nitrogens is 1. The van der Waals surface area contributed by atoms with Crippen molar-refractivity contribution < 1.29 is 28.7 Å². The van der Waals surface area contributed by atoms with Crippen molar-refractivity contribution >= 4 is 22.6 Å². The molecule has 0 amide bonds. The number of carboxylic acid groups (broad SMARTS) is 1. The molecule has 2 aliphatic rings. The summed E-state index contributed by atoms with van der Waals surface area (Å²) in [7, 11) is -1.32. The van der Waals surface area contributed by atoms with Gasteiger partial charge in [0, 0.05) is 17.4 Å². The molecule has 1 aromatic heterocycles. The first-order chi connectivity index (χ1) is 18.7. The van der Waals surface area contributed by atoms with Crippen molar-refractivity contribution in [3.63, 3.8) is 0 Å². The Morgan fingerprint density at radius 3 is 2.27 bits per heavy atom. The average molecular weight is 567 g/mol. The van der Waals surface area contributed by atoms with E-state index in [0.29, 0.717) is 25.5 Å². The van der Waals surface area contributed by atoms with Crippen LogP contribution in [0, 0.1) is 20.8 Å². The SMILES string of the molecule is CC(C)(C)O.Cc1ccc(-c2c(C)c3c(c(C)c2CC(=O)O)N(S(C)=O)Cc2cc(OC4COC4)cnc2-3)cc1. The van der Waals surface area contributed by atoms with Crippen molar-refractivity contribution in [1.29, 1.82) is 0 Å². The zero-order valence-electron chi connectivity index (χ0n) is 24.2. The molecule has 5 rings (SSSR count). The number of aliphatic carboxylic acids is 1. The van der Waals surface area contributed by atoms with Crippen LogP contribution >= 0.6 is 0 Å². The number of aryl methyl sites for hydroxylation is 1. The van der Waals surface area contributed by atoms with Crippen LogP contribution in [-0.2, 0) is 33.5 Å². The lowest BCUT2D eigenvalue weighted by atomic mass is 9.82. The highest BCUT2D eigenvalue weighted by molar-refractivity contribution is 7.85. The summed E-state index contributed by atoms with van der Waals surface area (Å²) in [4.78, 5) is 16.7. The molecule has 0 radical (unpaired) electrons.